The van der Waals surface area contributed by atoms with E-state index in [0.29, 0.717) is 15.6 Å². The highest BCUT2D eigenvalue weighted by molar-refractivity contribution is 6.31. The molecule has 1 aromatic heterocycles. The summed E-state index contributed by atoms with van der Waals surface area (Å²) in [7, 11) is 0. The average molecular weight is 283 g/mol. The third kappa shape index (κ3) is 2.57. The van der Waals surface area contributed by atoms with Gasteiger partial charge < -0.3 is 0 Å². The van der Waals surface area contributed by atoms with Gasteiger partial charge in [0.15, 0.2) is 5.78 Å². The Bertz CT molecular complexity index is 588. The standard InChI is InChI=1S/C13H12Cl2N2O/c1-8-13(15)9(2)17(16-8)7-12(18)10-3-5-11(14)6-4-10/h3-6H,7H2,1-2H3. The summed E-state index contributed by atoms with van der Waals surface area (Å²) in [5, 5.41) is 5.45. The Hall–Kier alpha value is -1.32. The van der Waals surface area contributed by atoms with Crippen LogP contribution in [-0.4, -0.2) is 15.6 Å². The summed E-state index contributed by atoms with van der Waals surface area (Å²) in [6.07, 6.45) is 0. The predicted octanol–water partition coefficient (Wildman–Crippen LogP) is 3.69. The highest BCUT2D eigenvalue weighted by Gasteiger charge is 2.13. The van der Waals surface area contributed by atoms with Crippen molar-refractivity contribution in [2.45, 2.75) is 20.4 Å². The summed E-state index contributed by atoms with van der Waals surface area (Å²) in [6.45, 7) is 3.84. The van der Waals surface area contributed by atoms with Gasteiger partial charge in [0, 0.05) is 10.6 Å². The van der Waals surface area contributed by atoms with E-state index in [-0.39, 0.29) is 12.3 Å². The van der Waals surface area contributed by atoms with Crippen molar-refractivity contribution >= 4 is 29.0 Å². The summed E-state index contributed by atoms with van der Waals surface area (Å²) < 4.78 is 1.62. The number of aromatic nitrogens is 2. The van der Waals surface area contributed by atoms with Gasteiger partial charge in [0.2, 0.25) is 0 Å². The maximum absolute atomic E-state index is 12.1. The zero-order chi connectivity index (χ0) is 13.3. The second-order valence-corrected chi connectivity index (χ2v) is 4.89. The van der Waals surface area contributed by atoms with Crippen molar-refractivity contribution in [3.8, 4) is 0 Å². The van der Waals surface area contributed by atoms with Gasteiger partial charge in [0.05, 0.1) is 16.4 Å². The first-order chi connectivity index (χ1) is 8.49. The second-order valence-electron chi connectivity index (χ2n) is 4.07. The molecule has 3 nitrogen and oxygen atoms in total. The van der Waals surface area contributed by atoms with Gasteiger partial charge in [-0.2, -0.15) is 5.10 Å². The van der Waals surface area contributed by atoms with Gasteiger partial charge in [0.25, 0.3) is 0 Å². The largest absolute Gasteiger partial charge is 0.292 e. The normalized spacial score (nSPS) is 10.7. The smallest absolute Gasteiger partial charge is 0.184 e. The van der Waals surface area contributed by atoms with Crippen LogP contribution in [0.15, 0.2) is 24.3 Å². The minimum absolute atomic E-state index is 0.0195. The lowest BCUT2D eigenvalue weighted by Crippen LogP contribution is -2.13. The second kappa shape index (κ2) is 5.12. The van der Waals surface area contributed by atoms with Crippen molar-refractivity contribution in [2.24, 2.45) is 0 Å². The number of aryl methyl sites for hydroxylation is 1. The first-order valence-electron chi connectivity index (χ1n) is 5.47. The molecule has 0 saturated heterocycles. The van der Waals surface area contributed by atoms with Crippen molar-refractivity contribution in [1.29, 1.82) is 0 Å². The van der Waals surface area contributed by atoms with Crippen molar-refractivity contribution in [3.63, 3.8) is 0 Å². The molecule has 0 aliphatic carbocycles. The number of nitrogens with zero attached hydrogens (tertiary/aromatic N) is 2. The number of rotatable bonds is 3. The maximum atomic E-state index is 12.1. The van der Waals surface area contributed by atoms with E-state index in [9.17, 15) is 4.79 Å². The number of hydrogen-bond acceptors (Lipinski definition) is 2. The lowest BCUT2D eigenvalue weighted by Gasteiger charge is -2.04. The highest BCUT2D eigenvalue weighted by atomic mass is 35.5. The first-order valence-corrected chi connectivity index (χ1v) is 6.23. The maximum Gasteiger partial charge on any atom is 0.184 e. The van der Waals surface area contributed by atoms with Crippen LogP contribution < -0.4 is 0 Å². The molecule has 5 heteroatoms. The third-order valence-electron chi connectivity index (χ3n) is 2.75. The number of benzene rings is 1. The molecule has 18 heavy (non-hydrogen) atoms. The summed E-state index contributed by atoms with van der Waals surface area (Å²) in [6, 6.07) is 6.81. The molecule has 0 N–H and O–H groups in total. The average Bonchev–Trinajstić information content (AvgIpc) is 2.58. The van der Waals surface area contributed by atoms with E-state index in [2.05, 4.69) is 5.10 Å². The van der Waals surface area contributed by atoms with Crippen molar-refractivity contribution < 1.29 is 4.79 Å². The third-order valence-corrected chi connectivity index (χ3v) is 3.55. The van der Waals surface area contributed by atoms with Crippen molar-refractivity contribution in [3.05, 3.63) is 51.3 Å². The molecule has 0 bridgehead atoms. The molecule has 0 fully saturated rings. The molecule has 94 valence electrons. The van der Waals surface area contributed by atoms with Gasteiger partial charge in [-0.1, -0.05) is 23.2 Å². The molecule has 1 heterocycles. The molecule has 0 unspecified atom stereocenters. The van der Waals surface area contributed by atoms with Crippen LogP contribution in [0, 0.1) is 13.8 Å². The SMILES string of the molecule is Cc1nn(CC(=O)c2ccc(Cl)cc2)c(C)c1Cl. The predicted molar refractivity (Wildman–Crippen MR) is 72.5 cm³/mol. The minimum atomic E-state index is -0.0195. The molecular weight excluding hydrogens is 271 g/mol. The van der Waals surface area contributed by atoms with Gasteiger partial charge in [0.1, 0.15) is 6.54 Å². The number of carbonyl (C=O) groups is 1. The molecule has 0 saturated carbocycles. The molecule has 0 atom stereocenters. The number of Topliss-reactive ketones (excluding diaryl/α,β-unsaturated/α-hetero) is 1. The fourth-order valence-electron chi connectivity index (χ4n) is 1.69. The minimum Gasteiger partial charge on any atom is -0.292 e. The Morgan fingerprint density at radius 2 is 1.83 bits per heavy atom. The van der Waals surface area contributed by atoms with E-state index in [1.165, 1.54) is 0 Å². The van der Waals surface area contributed by atoms with Crippen LogP contribution in [0.2, 0.25) is 10.0 Å². The quantitative estimate of drug-likeness (QED) is 0.805. The van der Waals surface area contributed by atoms with Crippen LogP contribution in [-0.2, 0) is 6.54 Å². The fourth-order valence-corrected chi connectivity index (χ4v) is 1.95. The van der Waals surface area contributed by atoms with Crippen LogP contribution >= 0.6 is 23.2 Å². The van der Waals surface area contributed by atoms with Crippen molar-refractivity contribution in [1.82, 2.24) is 9.78 Å². The van der Waals surface area contributed by atoms with E-state index in [1.807, 2.05) is 13.8 Å². The van der Waals surface area contributed by atoms with Crippen molar-refractivity contribution in [2.75, 3.05) is 0 Å². The zero-order valence-corrected chi connectivity index (χ0v) is 11.6. The lowest BCUT2D eigenvalue weighted by molar-refractivity contribution is 0.0967. The Labute approximate surface area is 115 Å². The van der Waals surface area contributed by atoms with E-state index >= 15 is 0 Å². The van der Waals surface area contributed by atoms with Crippen LogP contribution in [0.1, 0.15) is 21.7 Å². The molecule has 1 aromatic carbocycles. The van der Waals surface area contributed by atoms with E-state index < -0.39 is 0 Å². The molecule has 0 amide bonds. The summed E-state index contributed by atoms with van der Waals surface area (Å²) in [4.78, 5) is 12.1. The van der Waals surface area contributed by atoms with Crippen LogP contribution in [0.4, 0.5) is 0 Å². The number of halogens is 2. The zero-order valence-electron chi connectivity index (χ0n) is 10.1. The molecule has 2 aromatic rings. The Kier molecular flexibility index (Phi) is 3.73. The van der Waals surface area contributed by atoms with Gasteiger partial charge in [-0.25, -0.2) is 0 Å². The highest BCUT2D eigenvalue weighted by Crippen LogP contribution is 2.19. The molecule has 0 radical (unpaired) electrons. The molecular formula is C13H12Cl2N2O. The van der Waals surface area contributed by atoms with E-state index in [4.69, 9.17) is 23.2 Å². The Morgan fingerprint density at radius 1 is 1.22 bits per heavy atom. The van der Waals surface area contributed by atoms with Crippen LogP contribution in [0.3, 0.4) is 0 Å². The van der Waals surface area contributed by atoms with Gasteiger partial charge in [-0.15, -0.1) is 0 Å². The summed E-state index contributed by atoms with van der Waals surface area (Å²) >= 11 is 11.8. The number of hydrogen-bond donors (Lipinski definition) is 0. The topological polar surface area (TPSA) is 34.9 Å². The van der Waals surface area contributed by atoms with Crippen LogP contribution in [0.5, 0.6) is 0 Å². The molecule has 2 rings (SSSR count). The molecule has 0 aliphatic heterocycles. The summed E-state index contributed by atoms with van der Waals surface area (Å²) in [5.41, 5.74) is 2.15. The fraction of sp³-hybridized carbons (Fsp3) is 0.231. The Balaban J connectivity index is 2.21. The molecule has 0 aliphatic rings. The lowest BCUT2D eigenvalue weighted by atomic mass is 10.1. The first kappa shape index (κ1) is 13.1. The van der Waals surface area contributed by atoms with Gasteiger partial charge in [-0.3, -0.25) is 9.48 Å². The Morgan fingerprint density at radius 3 is 2.33 bits per heavy atom. The van der Waals surface area contributed by atoms with E-state index in [1.54, 1.807) is 28.9 Å². The molecule has 0 spiro atoms. The number of carbonyl (C=O) groups excluding carboxylic acids is 1. The van der Waals surface area contributed by atoms with Gasteiger partial charge in [-0.05, 0) is 38.1 Å². The number of ketones is 1. The van der Waals surface area contributed by atoms with E-state index in [0.717, 1.165) is 11.4 Å². The summed E-state index contributed by atoms with van der Waals surface area (Å²) in [5.74, 6) is -0.0195. The monoisotopic (exact) mass is 282 g/mol. The van der Waals surface area contributed by atoms with Gasteiger partial charge >= 0.3 is 0 Å². The van der Waals surface area contributed by atoms with Crippen LogP contribution in [0.25, 0.3) is 0 Å².